The van der Waals surface area contributed by atoms with Gasteiger partial charge in [-0.15, -0.1) is 0 Å². The number of benzene rings is 3. The molecule has 6 heteroatoms. The van der Waals surface area contributed by atoms with Crippen molar-refractivity contribution in [2.75, 3.05) is 6.61 Å². The fraction of sp³-hybridized carbons (Fsp3) is 0.233. The second-order valence-corrected chi connectivity index (χ2v) is 8.82. The average Bonchev–Trinajstić information content (AvgIpc) is 3.42. The van der Waals surface area contributed by atoms with Gasteiger partial charge in [0.05, 0.1) is 18.4 Å². The molecule has 0 unspecified atom stereocenters. The topological polar surface area (TPSA) is 87.8 Å². The molecule has 5 aromatic rings. The molecule has 0 bridgehead atoms. The summed E-state index contributed by atoms with van der Waals surface area (Å²) in [6.07, 6.45) is 0.158. The first-order valence-corrected chi connectivity index (χ1v) is 12.1. The Balaban J connectivity index is 1.57. The van der Waals surface area contributed by atoms with Crippen molar-refractivity contribution in [2.45, 2.75) is 40.3 Å². The number of esters is 1. The van der Waals surface area contributed by atoms with Crippen LogP contribution in [0.1, 0.15) is 35.1 Å². The van der Waals surface area contributed by atoms with Gasteiger partial charge in [-0.05, 0) is 56.2 Å². The molecule has 0 aliphatic carbocycles. The molecule has 5 rings (SSSR count). The highest BCUT2D eigenvalue weighted by molar-refractivity contribution is 6.10. The molecule has 2 aromatic heterocycles. The molecule has 3 aromatic carbocycles. The van der Waals surface area contributed by atoms with Crippen LogP contribution in [0.3, 0.4) is 0 Å². The number of ether oxygens (including phenoxy) is 2. The van der Waals surface area contributed by atoms with Gasteiger partial charge in [-0.3, -0.25) is 4.79 Å². The fourth-order valence-corrected chi connectivity index (χ4v) is 4.61. The normalized spacial score (nSPS) is 11.3. The Morgan fingerprint density at radius 1 is 0.944 bits per heavy atom. The number of carbonyl (C=O) groups excluding carboxylic acids is 1. The van der Waals surface area contributed by atoms with Gasteiger partial charge in [0, 0.05) is 28.6 Å². The van der Waals surface area contributed by atoms with Gasteiger partial charge in [-0.25, -0.2) is 0 Å². The van der Waals surface area contributed by atoms with E-state index in [1.165, 1.54) is 0 Å². The summed E-state index contributed by atoms with van der Waals surface area (Å²) < 4.78 is 23.7. The third-order valence-electron chi connectivity index (χ3n) is 6.34. The van der Waals surface area contributed by atoms with Crippen molar-refractivity contribution in [3.05, 3.63) is 88.9 Å². The molecule has 0 aliphatic rings. The lowest BCUT2D eigenvalue weighted by atomic mass is 9.98. The standard InChI is InChI=1S/C30H29NO5/c1-4-33-28(32)14-22-9-5-6-11-27(22)34-17-26-19(3)36-30-24(26)15-23(29-25(30)12-18(2)35-29)21-10-7-8-20(13-21)16-31/h5-13,15H,4,14,16-17,31H2,1-3H3. The number of nitrogens with two attached hydrogens (primary N) is 1. The van der Waals surface area contributed by atoms with Crippen molar-refractivity contribution in [1.29, 1.82) is 0 Å². The van der Waals surface area contributed by atoms with E-state index in [-0.39, 0.29) is 12.4 Å². The van der Waals surface area contributed by atoms with E-state index in [0.29, 0.717) is 25.5 Å². The maximum Gasteiger partial charge on any atom is 0.310 e. The van der Waals surface area contributed by atoms with Crippen LogP contribution in [0.4, 0.5) is 0 Å². The van der Waals surface area contributed by atoms with Gasteiger partial charge < -0.3 is 24.0 Å². The van der Waals surface area contributed by atoms with Crippen molar-refractivity contribution in [1.82, 2.24) is 0 Å². The van der Waals surface area contributed by atoms with E-state index in [0.717, 1.165) is 61.3 Å². The van der Waals surface area contributed by atoms with Crippen LogP contribution in [0.25, 0.3) is 33.1 Å². The average molecular weight is 484 g/mol. The fourth-order valence-electron chi connectivity index (χ4n) is 4.61. The highest BCUT2D eigenvalue weighted by atomic mass is 16.5. The van der Waals surface area contributed by atoms with Crippen LogP contribution in [0.15, 0.2) is 69.5 Å². The Kier molecular flexibility index (Phi) is 6.53. The second kappa shape index (κ2) is 9.91. The molecule has 0 aliphatic heterocycles. The SMILES string of the molecule is CCOC(=O)Cc1ccccc1OCc1c(C)oc2c1cc(-c1cccc(CN)c1)c1oc(C)cc12. The molecule has 0 atom stereocenters. The lowest BCUT2D eigenvalue weighted by Gasteiger charge is -2.11. The van der Waals surface area contributed by atoms with E-state index >= 15 is 0 Å². The molecular formula is C30H29NO5. The molecule has 0 saturated carbocycles. The highest BCUT2D eigenvalue weighted by Gasteiger charge is 2.21. The molecule has 0 amide bonds. The van der Waals surface area contributed by atoms with Gasteiger partial charge in [0.2, 0.25) is 0 Å². The Morgan fingerprint density at radius 3 is 2.58 bits per heavy atom. The van der Waals surface area contributed by atoms with Crippen LogP contribution >= 0.6 is 0 Å². The van der Waals surface area contributed by atoms with Crippen LogP contribution in [-0.4, -0.2) is 12.6 Å². The molecule has 0 fully saturated rings. The Bertz CT molecular complexity index is 1560. The zero-order chi connectivity index (χ0) is 25.2. The second-order valence-electron chi connectivity index (χ2n) is 8.82. The summed E-state index contributed by atoms with van der Waals surface area (Å²) in [5, 5.41) is 1.90. The van der Waals surface area contributed by atoms with E-state index in [9.17, 15) is 4.79 Å². The Hall–Kier alpha value is -4.03. The lowest BCUT2D eigenvalue weighted by molar-refractivity contribution is -0.142. The monoisotopic (exact) mass is 483 g/mol. The van der Waals surface area contributed by atoms with Gasteiger partial charge in [-0.2, -0.15) is 0 Å². The summed E-state index contributed by atoms with van der Waals surface area (Å²) in [6.45, 7) is 6.78. The third-order valence-corrected chi connectivity index (χ3v) is 6.34. The number of fused-ring (bicyclic) bond motifs is 3. The molecule has 2 N–H and O–H groups in total. The predicted octanol–water partition coefficient (Wildman–Crippen LogP) is 6.61. The molecule has 36 heavy (non-hydrogen) atoms. The smallest absolute Gasteiger partial charge is 0.310 e. The number of hydrogen-bond acceptors (Lipinski definition) is 6. The minimum atomic E-state index is -0.277. The number of carbonyl (C=O) groups is 1. The van der Waals surface area contributed by atoms with Crippen molar-refractivity contribution < 1.29 is 23.1 Å². The summed E-state index contributed by atoms with van der Waals surface area (Å²) in [6, 6.07) is 19.8. The number of aryl methyl sites for hydroxylation is 2. The predicted molar refractivity (Wildman–Crippen MR) is 140 cm³/mol. The first-order valence-electron chi connectivity index (χ1n) is 12.1. The molecule has 184 valence electrons. The number of para-hydroxylation sites is 1. The largest absolute Gasteiger partial charge is 0.488 e. The van der Waals surface area contributed by atoms with Crippen molar-refractivity contribution in [3.63, 3.8) is 0 Å². The number of hydrogen-bond donors (Lipinski definition) is 1. The number of furan rings is 2. The third kappa shape index (κ3) is 4.48. The minimum absolute atomic E-state index is 0.158. The lowest BCUT2D eigenvalue weighted by Crippen LogP contribution is -2.09. The van der Waals surface area contributed by atoms with Gasteiger partial charge in [0.1, 0.15) is 35.0 Å². The van der Waals surface area contributed by atoms with Crippen LogP contribution in [0.2, 0.25) is 0 Å². The first-order chi connectivity index (χ1) is 17.5. The Morgan fingerprint density at radius 2 is 1.78 bits per heavy atom. The van der Waals surface area contributed by atoms with Crippen molar-refractivity contribution in [2.24, 2.45) is 5.73 Å². The van der Waals surface area contributed by atoms with E-state index in [1.54, 1.807) is 6.92 Å². The zero-order valence-electron chi connectivity index (χ0n) is 20.7. The molecule has 0 saturated heterocycles. The molecule has 0 spiro atoms. The molecule has 0 radical (unpaired) electrons. The summed E-state index contributed by atoms with van der Waals surface area (Å²) in [7, 11) is 0. The van der Waals surface area contributed by atoms with Crippen molar-refractivity contribution >= 4 is 27.9 Å². The maximum absolute atomic E-state index is 12.1. The van der Waals surface area contributed by atoms with Crippen LogP contribution in [0.5, 0.6) is 5.75 Å². The van der Waals surface area contributed by atoms with Crippen LogP contribution in [-0.2, 0) is 29.1 Å². The van der Waals surface area contributed by atoms with Gasteiger partial charge in [0.25, 0.3) is 0 Å². The summed E-state index contributed by atoms with van der Waals surface area (Å²) in [5.74, 6) is 1.96. The van der Waals surface area contributed by atoms with Gasteiger partial charge >= 0.3 is 5.97 Å². The molecule has 6 nitrogen and oxygen atoms in total. The van der Waals surface area contributed by atoms with Crippen LogP contribution in [0, 0.1) is 13.8 Å². The summed E-state index contributed by atoms with van der Waals surface area (Å²) in [4.78, 5) is 12.1. The molecular weight excluding hydrogens is 454 g/mol. The minimum Gasteiger partial charge on any atom is -0.488 e. The first kappa shape index (κ1) is 23.7. The van der Waals surface area contributed by atoms with E-state index in [1.807, 2.05) is 56.3 Å². The van der Waals surface area contributed by atoms with E-state index in [4.69, 9.17) is 24.0 Å². The molecule has 2 heterocycles. The van der Waals surface area contributed by atoms with Gasteiger partial charge in [-0.1, -0.05) is 36.4 Å². The summed E-state index contributed by atoms with van der Waals surface area (Å²) >= 11 is 0. The van der Waals surface area contributed by atoms with E-state index < -0.39 is 0 Å². The maximum atomic E-state index is 12.1. The highest BCUT2D eigenvalue weighted by Crippen LogP contribution is 2.40. The Labute approximate surface area is 209 Å². The number of rotatable bonds is 8. The quantitative estimate of drug-likeness (QED) is 0.250. The van der Waals surface area contributed by atoms with Crippen molar-refractivity contribution in [3.8, 4) is 16.9 Å². The zero-order valence-corrected chi connectivity index (χ0v) is 20.7. The van der Waals surface area contributed by atoms with E-state index in [2.05, 4.69) is 18.2 Å². The summed E-state index contributed by atoms with van der Waals surface area (Å²) in [5.41, 5.74) is 12.3. The van der Waals surface area contributed by atoms with Gasteiger partial charge in [0.15, 0.2) is 0 Å². The van der Waals surface area contributed by atoms with Crippen LogP contribution < -0.4 is 10.5 Å².